The number of nitrogens with zero attached hydrogens (tertiary/aromatic N) is 1. The maximum absolute atomic E-state index is 13.6. The van der Waals surface area contributed by atoms with Gasteiger partial charge in [0.05, 0.1) is 6.04 Å². The van der Waals surface area contributed by atoms with Gasteiger partial charge in [-0.2, -0.15) is 0 Å². The molecular weight excluding hydrogens is 272 g/mol. The monoisotopic (exact) mass is 299 g/mol. The minimum Gasteiger partial charge on any atom is -0.296 e. The highest BCUT2D eigenvalue weighted by Gasteiger charge is 2.40. The van der Waals surface area contributed by atoms with E-state index in [2.05, 4.69) is 38.0 Å². The van der Waals surface area contributed by atoms with Gasteiger partial charge in [-0.15, -0.1) is 0 Å². The zero-order valence-electron chi connectivity index (χ0n) is 13.4. The van der Waals surface area contributed by atoms with Crippen molar-refractivity contribution in [3.8, 4) is 0 Å². The standard InChI is InChI=1S/C16H27F2N3/c1-5-16(6-2,21(7-3)8-4)15(20-19)12-9-10-13(17)14(18)11-12/h9-11,15,20H,5-8,19H2,1-4H3. The van der Waals surface area contributed by atoms with Gasteiger partial charge in [-0.3, -0.25) is 16.2 Å². The van der Waals surface area contributed by atoms with E-state index in [1.165, 1.54) is 6.07 Å². The molecule has 3 nitrogen and oxygen atoms in total. The number of hydrazine groups is 1. The third kappa shape index (κ3) is 3.42. The summed E-state index contributed by atoms with van der Waals surface area (Å²) in [6, 6.07) is 3.74. The summed E-state index contributed by atoms with van der Waals surface area (Å²) < 4.78 is 26.8. The van der Waals surface area contributed by atoms with Crippen LogP contribution >= 0.6 is 0 Å². The minimum atomic E-state index is -0.839. The van der Waals surface area contributed by atoms with E-state index in [4.69, 9.17) is 5.84 Å². The molecule has 0 saturated heterocycles. The third-order valence-corrected chi connectivity index (χ3v) is 4.60. The first-order valence-electron chi connectivity index (χ1n) is 7.66. The highest BCUT2D eigenvalue weighted by Crippen LogP contribution is 2.37. The Morgan fingerprint density at radius 2 is 1.67 bits per heavy atom. The van der Waals surface area contributed by atoms with Crippen LogP contribution in [0.3, 0.4) is 0 Å². The quantitative estimate of drug-likeness (QED) is 0.571. The molecule has 5 heteroatoms. The second-order valence-corrected chi connectivity index (χ2v) is 5.26. The van der Waals surface area contributed by atoms with Gasteiger partial charge in [-0.05, 0) is 43.6 Å². The predicted octanol–water partition coefficient (Wildman–Crippen LogP) is 3.37. The molecule has 0 saturated carbocycles. The van der Waals surface area contributed by atoms with Crippen molar-refractivity contribution in [3.63, 3.8) is 0 Å². The Morgan fingerprint density at radius 3 is 2.05 bits per heavy atom. The van der Waals surface area contributed by atoms with Crippen LogP contribution in [0.4, 0.5) is 8.78 Å². The molecule has 0 amide bonds. The van der Waals surface area contributed by atoms with E-state index in [0.717, 1.165) is 32.0 Å². The average Bonchev–Trinajstić information content (AvgIpc) is 2.50. The van der Waals surface area contributed by atoms with Crippen LogP contribution in [-0.4, -0.2) is 23.5 Å². The second kappa shape index (κ2) is 7.82. The number of nitrogens with one attached hydrogen (secondary N) is 1. The Hall–Kier alpha value is -1.04. The largest absolute Gasteiger partial charge is 0.296 e. The van der Waals surface area contributed by atoms with Crippen LogP contribution in [0.25, 0.3) is 0 Å². The van der Waals surface area contributed by atoms with Gasteiger partial charge in [0.1, 0.15) is 0 Å². The van der Waals surface area contributed by atoms with Crippen molar-refractivity contribution in [2.75, 3.05) is 13.1 Å². The molecule has 1 unspecified atom stereocenters. The highest BCUT2D eigenvalue weighted by molar-refractivity contribution is 5.25. The lowest BCUT2D eigenvalue weighted by molar-refractivity contribution is 0.0486. The summed E-state index contributed by atoms with van der Waals surface area (Å²) >= 11 is 0. The van der Waals surface area contributed by atoms with Crippen molar-refractivity contribution in [1.29, 1.82) is 0 Å². The minimum absolute atomic E-state index is 0.234. The molecule has 1 rings (SSSR count). The SMILES string of the molecule is CCN(CC)C(CC)(CC)C(NN)c1ccc(F)c(F)c1. The second-order valence-electron chi connectivity index (χ2n) is 5.26. The summed E-state index contributed by atoms with van der Waals surface area (Å²) in [6.07, 6.45) is 1.72. The van der Waals surface area contributed by atoms with Crippen molar-refractivity contribution in [1.82, 2.24) is 10.3 Å². The van der Waals surface area contributed by atoms with Crippen molar-refractivity contribution in [2.45, 2.75) is 52.1 Å². The molecule has 0 aliphatic rings. The summed E-state index contributed by atoms with van der Waals surface area (Å²) in [4.78, 5) is 2.33. The Balaban J connectivity index is 3.33. The van der Waals surface area contributed by atoms with E-state index in [-0.39, 0.29) is 11.6 Å². The fraction of sp³-hybridized carbons (Fsp3) is 0.625. The molecule has 1 aromatic carbocycles. The van der Waals surface area contributed by atoms with Gasteiger partial charge in [0, 0.05) is 5.54 Å². The van der Waals surface area contributed by atoms with E-state index in [1.54, 1.807) is 6.07 Å². The van der Waals surface area contributed by atoms with E-state index in [9.17, 15) is 8.78 Å². The third-order valence-electron chi connectivity index (χ3n) is 4.60. The Morgan fingerprint density at radius 1 is 1.10 bits per heavy atom. The van der Waals surface area contributed by atoms with Gasteiger partial charge in [0.25, 0.3) is 0 Å². The van der Waals surface area contributed by atoms with Crippen LogP contribution in [0.1, 0.15) is 52.1 Å². The summed E-state index contributed by atoms with van der Waals surface area (Å²) in [7, 11) is 0. The van der Waals surface area contributed by atoms with Gasteiger partial charge >= 0.3 is 0 Å². The van der Waals surface area contributed by atoms with Crippen LogP contribution in [0.2, 0.25) is 0 Å². The van der Waals surface area contributed by atoms with Gasteiger partial charge in [0.2, 0.25) is 0 Å². The predicted molar refractivity (Wildman–Crippen MR) is 82.7 cm³/mol. The molecule has 21 heavy (non-hydrogen) atoms. The first-order chi connectivity index (χ1) is 10.00. The zero-order valence-corrected chi connectivity index (χ0v) is 13.4. The number of nitrogens with two attached hydrogens (primary N) is 1. The van der Waals surface area contributed by atoms with Gasteiger partial charge in [-0.25, -0.2) is 8.78 Å². The molecule has 0 heterocycles. The molecule has 0 aliphatic heterocycles. The maximum Gasteiger partial charge on any atom is 0.159 e. The summed E-state index contributed by atoms with van der Waals surface area (Å²) in [5, 5.41) is 0. The van der Waals surface area contributed by atoms with Gasteiger partial charge in [-0.1, -0.05) is 33.8 Å². The molecule has 0 radical (unpaired) electrons. The van der Waals surface area contributed by atoms with E-state index < -0.39 is 11.6 Å². The zero-order chi connectivity index (χ0) is 16.0. The lowest BCUT2D eigenvalue weighted by atomic mass is 9.79. The summed E-state index contributed by atoms with van der Waals surface area (Å²) in [6.45, 7) is 10.2. The van der Waals surface area contributed by atoms with Crippen LogP contribution in [0, 0.1) is 11.6 Å². The first-order valence-corrected chi connectivity index (χ1v) is 7.66. The maximum atomic E-state index is 13.6. The normalized spacial score (nSPS) is 13.7. The molecule has 0 bridgehead atoms. The topological polar surface area (TPSA) is 41.3 Å². The van der Waals surface area contributed by atoms with Crippen molar-refractivity contribution < 1.29 is 8.78 Å². The van der Waals surface area contributed by atoms with Crippen LogP contribution in [0.15, 0.2) is 18.2 Å². The fourth-order valence-electron chi connectivity index (χ4n) is 3.39. The molecule has 0 fully saturated rings. The van der Waals surface area contributed by atoms with E-state index in [0.29, 0.717) is 5.56 Å². The molecular formula is C16H27F2N3. The molecule has 0 aromatic heterocycles. The Labute approximate surface area is 126 Å². The fourth-order valence-corrected chi connectivity index (χ4v) is 3.39. The average molecular weight is 299 g/mol. The Bertz CT molecular complexity index is 443. The number of likely N-dealkylation sites (N-methyl/N-ethyl adjacent to an activating group) is 1. The molecule has 1 atom stereocenters. The number of hydrogen-bond acceptors (Lipinski definition) is 3. The molecule has 120 valence electrons. The number of hydrogen-bond donors (Lipinski definition) is 2. The highest BCUT2D eigenvalue weighted by atomic mass is 19.2. The number of rotatable bonds is 8. The Kier molecular flexibility index (Phi) is 6.71. The van der Waals surface area contributed by atoms with Crippen molar-refractivity contribution in [2.24, 2.45) is 5.84 Å². The molecule has 1 aromatic rings. The van der Waals surface area contributed by atoms with Gasteiger partial charge < -0.3 is 0 Å². The van der Waals surface area contributed by atoms with Crippen molar-refractivity contribution >= 4 is 0 Å². The first kappa shape index (κ1) is 18.0. The summed E-state index contributed by atoms with van der Waals surface area (Å²) in [5.41, 5.74) is 3.27. The smallest absolute Gasteiger partial charge is 0.159 e. The lowest BCUT2D eigenvalue weighted by Crippen LogP contribution is -2.57. The van der Waals surface area contributed by atoms with Crippen LogP contribution in [0.5, 0.6) is 0 Å². The van der Waals surface area contributed by atoms with Gasteiger partial charge in [0.15, 0.2) is 11.6 Å². The van der Waals surface area contributed by atoms with Crippen molar-refractivity contribution in [3.05, 3.63) is 35.4 Å². The molecule has 3 N–H and O–H groups in total. The summed E-state index contributed by atoms with van der Waals surface area (Å²) in [5.74, 6) is 4.11. The molecule has 0 aliphatic carbocycles. The lowest BCUT2D eigenvalue weighted by Gasteiger charge is -2.47. The van der Waals surface area contributed by atoms with Crippen LogP contribution in [-0.2, 0) is 0 Å². The molecule has 0 spiro atoms. The van der Waals surface area contributed by atoms with E-state index >= 15 is 0 Å². The van der Waals surface area contributed by atoms with E-state index in [1.807, 2.05) is 0 Å². The number of benzene rings is 1. The van der Waals surface area contributed by atoms with Crippen LogP contribution < -0.4 is 11.3 Å². The number of halogens is 2.